The van der Waals surface area contributed by atoms with Crippen LogP contribution in [-0.4, -0.2) is 47.5 Å². The number of esters is 2. The van der Waals surface area contributed by atoms with Gasteiger partial charge in [-0.2, -0.15) is 0 Å². The Kier molecular flexibility index (Phi) is 8.07. The van der Waals surface area contributed by atoms with E-state index in [1.165, 1.54) is 13.8 Å². The number of rotatable bonds is 5. The Morgan fingerprint density at radius 1 is 0.731 bits per heavy atom. The zero-order valence-electron chi connectivity index (χ0n) is 16.7. The van der Waals surface area contributed by atoms with Gasteiger partial charge in [-0.15, -0.1) is 0 Å². The minimum atomic E-state index is -1.28. The average Bonchev–Trinajstić information content (AvgIpc) is 2.29. The second kappa shape index (κ2) is 8.86. The maximum absolute atomic E-state index is 11.8. The van der Waals surface area contributed by atoms with Gasteiger partial charge in [0.05, 0.1) is 6.42 Å². The van der Waals surface area contributed by atoms with Crippen LogP contribution in [0.4, 0.5) is 9.59 Å². The second-order valence-corrected chi connectivity index (χ2v) is 8.20. The van der Waals surface area contributed by atoms with Crippen LogP contribution in [0.25, 0.3) is 0 Å². The van der Waals surface area contributed by atoms with Gasteiger partial charge in [0.1, 0.15) is 23.3 Å². The molecule has 0 atom stereocenters. The van der Waals surface area contributed by atoms with Crippen LogP contribution in [0.5, 0.6) is 0 Å². The summed E-state index contributed by atoms with van der Waals surface area (Å²) in [4.78, 5) is 46.4. The van der Waals surface area contributed by atoms with Crippen molar-refractivity contribution in [1.29, 1.82) is 0 Å². The maximum atomic E-state index is 11.8. The quantitative estimate of drug-likeness (QED) is 0.443. The van der Waals surface area contributed by atoms with Gasteiger partial charge in [0.25, 0.3) is 0 Å². The molecule has 0 spiro atoms. The topological polar surface area (TPSA) is 117 Å². The first-order chi connectivity index (χ1) is 11.5. The van der Waals surface area contributed by atoms with Crippen molar-refractivity contribution in [2.45, 2.75) is 78.6 Å². The van der Waals surface area contributed by atoms with Gasteiger partial charge in [0.2, 0.25) is 0 Å². The van der Waals surface area contributed by atoms with E-state index in [-0.39, 0.29) is 6.42 Å². The average molecular weight is 375 g/mol. The highest BCUT2D eigenvalue weighted by atomic mass is 16.7. The molecule has 0 aliphatic heterocycles. The predicted molar refractivity (Wildman–Crippen MR) is 91.4 cm³/mol. The zero-order valence-corrected chi connectivity index (χ0v) is 16.7. The molecule has 9 heteroatoms. The highest BCUT2D eigenvalue weighted by Gasteiger charge is 2.31. The fraction of sp³-hybridized carbons (Fsp3) is 0.765. The first kappa shape index (κ1) is 23.7. The lowest BCUT2D eigenvalue weighted by Crippen LogP contribution is -2.38. The fourth-order valence-corrected chi connectivity index (χ4v) is 1.60. The van der Waals surface area contributed by atoms with Gasteiger partial charge in [0, 0.05) is 0 Å². The summed E-state index contributed by atoms with van der Waals surface area (Å²) in [5, 5.41) is 2.15. The van der Waals surface area contributed by atoms with Crippen molar-refractivity contribution in [1.82, 2.24) is 5.32 Å². The summed E-state index contributed by atoms with van der Waals surface area (Å²) in [5.74, 6) is -1.60. The van der Waals surface area contributed by atoms with Crippen molar-refractivity contribution in [3.05, 3.63) is 0 Å². The molecular formula is C17H29NO8. The number of nitrogens with one attached hydrogen (secondary N) is 1. The van der Waals surface area contributed by atoms with Crippen LogP contribution >= 0.6 is 0 Å². The molecule has 0 aromatic carbocycles. The standard InChI is InChI=1S/C17H29NO8/c1-15(2,3)24-11(19)9-17(7,8)26-14(22)23-12(20)10-18-13(21)25-16(4,5)6/h9-10H2,1-8H3,(H,18,21). The third kappa shape index (κ3) is 13.0. The third-order valence-corrected chi connectivity index (χ3v) is 2.32. The van der Waals surface area contributed by atoms with E-state index in [1.807, 2.05) is 0 Å². The van der Waals surface area contributed by atoms with Crippen LogP contribution in [-0.2, 0) is 28.5 Å². The molecule has 0 aliphatic rings. The molecule has 0 rings (SSSR count). The lowest BCUT2D eigenvalue weighted by Gasteiger charge is -2.26. The van der Waals surface area contributed by atoms with Crippen LogP contribution in [0.1, 0.15) is 61.8 Å². The summed E-state index contributed by atoms with van der Waals surface area (Å²) < 4.78 is 19.5. The summed E-state index contributed by atoms with van der Waals surface area (Å²) in [6, 6.07) is 0. The Morgan fingerprint density at radius 3 is 1.69 bits per heavy atom. The molecule has 0 radical (unpaired) electrons. The second-order valence-electron chi connectivity index (χ2n) is 8.20. The molecular weight excluding hydrogens is 346 g/mol. The first-order valence-corrected chi connectivity index (χ1v) is 8.11. The van der Waals surface area contributed by atoms with Crippen LogP contribution in [0.2, 0.25) is 0 Å². The molecule has 0 fully saturated rings. The Balaban J connectivity index is 4.36. The highest BCUT2D eigenvalue weighted by Crippen LogP contribution is 2.19. The van der Waals surface area contributed by atoms with Gasteiger partial charge in [-0.1, -0.05) is 0 Å². The van der Waals surface area contributed by atoms with E-state index in [0.717, 1.165) is 0 Å². The van der Waals surface area contributed by atoms with Crippen LogP contribution in [0.3, 0.4) is 0 Å². The Bertz CT molecular complexity index is 540. The van der Waals surface area contributed by atoms with Gasteiger partial charge in [-0.25, -0.2) is 14.4 Å². The number of ether oxygens (including phenoxy) is 4. The van der Waals surface area contributed by atoms with Crippen molar-refractivity contribution in [3.63, 3.8) is 0 Å². The van der Waals surface area contributed by atoms with Crippen LogP contribution in [0.15, 0.2) is 0 Å². The summed E-state index contributed by atoms with van der Waals surface area (Å²) in [7, 11) is 0. The number of hydrogen-bond acceptors (Lipinski definition) is 8. The van der Waals surface area contributed by atoms with E-state index < -0.39 is 47.5 Å². The molecule has 9 nitrogen and oxygen atoms in total. The smallest absolute Gasteiger partial charge is 0.460 e. The molecule has 0 aromatic heterocycles. The van der Waals surface area contributed by atoms with Gasteiger partial charge in [-0.05, 0) is 55.4 Å². The monoisotopic (exact) mass is 375 g/mol. The third-order valence-electron chi connectivity index (χ3n) is 2.32. The number of alkyl carbamates (subject to hydrolysis) is 1. The van der Waals surface area contributed by atoms with Gasteiger partial charge in [-0.3, -0.25) is 4.79 Å². The maximum Gasteiger partial charge on any atom is 0.516 e. The van der Waals surface area contributed by atoms with Crippen molar-refractivity contribution in [3.8, 4) is 0 Å². The molecule has 0 saturated carbocycles. The predicted octanol–water partition coefficient (Wildman–Crippen LogP) is 2.70. The van der Waals surface area contributed by atoms with E-state index in [4.69, 9.17) is 14.2 Å². The number of carbonyl (C=O) groups is 4. The van der Waals surface area contributed by atoms with Gasteiger partial charge >= 0.3 is 24.2 Å². The van der Waals surface area contributed by atoms with Crippen LogP contribution in [0, 0.1) is 0 Å². The fourth-order valence-electron chi connectivity index (χ4n) is 1.60. The van der Waals surface area contributed by atoms with E-state index in [2.05, 4.69) is 10.1 Å². The molecule has 1 N–H and O–H groups in total. The minimum Gasteiger partial charge on any atom is -0.460 e. The van der Waals surface area contributed by atoms with E-state index in [0.29, 0.717) is 0 Å². The molecule has 0 saturated heterocycles. The molecule has 0 unspecified atom stereocenters. The normalized spacial score (nSPS) is 12.0. The summed E-state index contributed by atoms with van der Waals surface area (Å²) in [5.41, 5.74) is -2.63. The van der Waals surface area contributed by atoms with E-state index in [1.54, 1.807) is 41.5 Å². The Labute approximate surface area is 153 Å². The molecule has 26 heavy (non-hydrogen) atoms. The molecule has 0 aliphatic carbocycles. The molecule has 0 heterocycles. The Hall–Kier alpha value is -2.32. The number of carbonyl (C=O) groups excluding carboxylic acids is 4. The SMILES string of the molecule is CC(C)(C)OC(=O)CC(C)(C)OC(=O)OC(=O)CNC(=O)OC(C)(C)C. The molecule has 0 aromatic rings. The highest BCUT2D eigenvalue weighted by molar-refractivity contribution is 5.85. The van der Waals surface area contributed by atoms with Crippen molar-refractivity contribution >= 4 is 24.2 Å². The van der Waals surface area contributed by atoms with Crippen molar-refractivity contribution in [2.75, 3.05) is 6.54 Å². The first-order valence-electron chi connectivity index (χ1n) is 8.11. The minimum absolute atomic E-state index is 0.219. The van der Waals surface area contributed by atoms with Crippen molar-refractivity contribution < 1.29 is 38.1 Å². The van der Waals surface area contributed by atoms with Crippen LogP contribution < -0.4 is 5.32 Å². The van der Waals surface area contributed by atoms with E-state index in [9.17, 15) is 19.2 Å². The van der Waals surface area contributed by atoms with E-state index >= 15 is 0 Å². The summed E-state index contributed by atoms with van der Waals surface area (Å²) in [6.45, 7) is 12.5. The van der Waals surface area contributed by atoms with Gasteiger partial charge < -0.3 is 24.3 Å². The largest absolute Gasteiger partial charge is 0.516 e. The number of amides is 1. The number of hydrogen-bond donors (Lipinski definition) is 1. The lowest BCUT2D eigenvalue weighted by molar-refractivity contribution is -0.160. The summed E-state index contributed by atoms with van der Waals surface area (Å²) in [6.07, 6.45) is -2.33. The molecule has 0 bridgehead atoms. The lowest BCUT2D eigenvalue weighted by atomic mass is 10.1. The Morgan fingerprint density at radius 2 is 1.23 bits per heavy atom. The summed E-state index contributed by atoms with van der Waals surface area (Å²) >= 11 is 0. The van der Waals surface area contributed by atoms with Crippen molar-refractivity contribution in [2.24, 2.45) is 0 Å². The van der Waals surface area contributed by atoms with Gasteiger partial charge in [0.15, 0.2) is 0 Å². The zero-order chi connectivity index (χ0) is 20.8. The molecule has 1 amide bonds. The molecule has 150 valence electrons.